The van der Waals surface area contributed by atoms with E-state index in [9.17, 15) is 10.1 Å². The number of nitro benzene ring substituents is 1. The molecule has 0 spiro atoms. The Morgan fingerprint density at radius 2 is 2.29 bits per heavy atom. The van der Waals surface area contributed by atoms with Crippen LogP contribution < -0.4 is 5.32 Å². The maximum absolute atomic E-state index is 11.0. The molecule has 1 saturated heterocycles. The van der Waals surface area contributed by atoms with Gasteiger partial charge in [0.15, 0.2) is 0 Å². The summed E-state index contributed by atoms with van der Waals surface area (Å²) in [6, 6.07) is 5.93. The lowest BCUT2D eigenvalue weighted by Gasteiger charge is -2.30. The van der Waals surface area contributed by atoms with Gasteiger partial charge in [-0.25, -0.2) is 0 Å². The zero-order chi connectivity index (χ0) is 15.2. The van der Waals surface area contributed by atoms with Crippen molar-refractivity contribution in [1.82, 2.24) is 10.2 Å². The molecule has 0 aromatic heterocycles. The normalized spacial score (nSPS) is 18.9. The van der Waals surface area contributed by atoms with Gasteiger partial charge in [-0.3, -0.25) is 15.0 Å². The molecule has 1 fully saturated rings. The van der Waals surface area contributed by atoms with Crippen LogP contribution >= 0.6 is 15.9 Å². The molecule has 1 aromatic rings. The van der Waals surface area contributed by atoms with E-state index in [2.05, 4.69) is 33.1 Å². The van der Waals surface area contributed by atoms with Gasteiger partial charge in [0.05, 0.1) is 9.40 Å². The third kappa shape index (κ3) is 4.76. The van der Waals surface area contributed by atoms with Crippen LogP contribution in [-0.2, 0) is 6.54 Å². The molecule has 21 heavy (non-hydrogen) atoms. The second kappa shape index (κ2) is 7.87. The molecular formula is C15H22BrN3O2. The van der Waals surface area contributed by atoms with Gasteiger partial charge in [0.1, 0.15) is 0 Å². The summed E-state index contributed by atoms with van der Waals surface area (Å²) in [7, 11) is 0. The first kappa shape index (κ1) is 16.4. The Bertz CT molecular complexity index is 490. The monoisotopic (exact) mass is 355 g/mol. The van der Waals surface area contributed by atoms with Crippen LogP contribution in [0.15, 0.2) is 22.7 Å². The van der Waals surface area contributed by atoms with Crippen molar-refractivity contribution < 1.29 is 4.92 Å². The lowest BCUT2D eigenvalue weighted by Crippen LogP contribution is -2.43. The van der Waals surface area contributed by atoms with Gasteiger partial charge in [-0.1, -0.05) is 19.4 Å². The summed E-state index contributed by atoms with van der Waals surface area (Å²) in [5, 5.41) is 14.5. The first-order chi connectivity index (χ1) is 10.1. The summed E-state index contributed by atoms with van der Waals surface area (Å²) in [5.74, 6) is 0. The van der Waals surface area contributed by atoms with Gasteiger partial charge >= 0.3 is 0 Å². The third-order valence-electron chi connectivity index (χ3n) is 3.95. The maximum Gasteiger partial charge on any atom is 0.283 e. The number of nitro groups is 1. The van der Waals surface area contributed by atoms with Crippen molar-refractivity contribution in [2.75, 3.05) is 19.6 Å². The van der Waals surface area contributed by atoms with Crippen LogP contribution in [0.4, 0.5) is 5.69 Å². The van der Waals surface area contributed by atoms with Crippen molar-refractivity contribution in [3.8, 4) is 0 Å². The number of rotatable bonds is 6. The molecule has 116 valence electrons. The predicted octanol–water partition coefficient (Wildman–Crippen LogP) is 3.32. The highest BCUT2D eigenvalue weighted by Gasteiger charge is 2.17. The van der Waals surface area contributed by atoms with Crippen molar-refractivity contribution in [3.05, 3.63) is 38.3 Å². The molecule has 0 saturated carbocycles. The minimum absolute atomic E-state index is 0.138. The van der Waals surface area contributed by atoms with Gasteiger partial charge < -0.3 is 5.32 Å². The fourth-order valence-corrected chi connectivity index (χ4v) is 3.14. The van der Waals surface area contributed by atoms with Crippen molar-refractivity contribution in [2.24, 2.45) is 0 Å². The highest BCUT2D eigenvalue weighted by molar-refractivity contribution is 9.10. The molecule has 1 heterocycles. The number of likely N-dealkylation sites (N-methyl/N-ethyl adjacent to an activating group) is 1. The Morgan fingerprint density at radius 3 is 2.90 bits per heavy atom. The SMILES string of the molecule is CCN(Cc1ccc(Br)c([N+](=O)[O-])c1)CC1CCCCN1. The fraction of sp³-hybridized carbons (Fsp3) is 0.600. The van der Waals surface area contributed by atoms with Gasteiger partial charge in [-0.2, -0.15) is 0 Å². The first-order valence-corrected chi connectivity index (χ1v) is 8.28. The van der Waals surface area contributed by atoms with E-state index in [-0.39, 0.29) is 10.6 Å². The molecule has 1 atom stereocenters. The van der Waals surface area contributed by atoms with Gasteiger partial charge in [-0.05, 0) is 53.5 Å². The molecule has 0 bridgehead atoms. The maximum atomic E-state index is 11.0. The highest BCUT2D eigenvalue weighted by Crippen LogP contribution is 2.26. The molecular weight excluding hydrogens is 334 g/mol. The number of hydrogen-bond donors (Lipinski definition) is 1. The largest absolute Gasteiger partial charge is 0.313 e. The molecule has 1 aliphatic heterocycles. The third-order valence-corrected chi connectivity index (χ3v) is 4.62. The molecule has 1 N–H and O–H groups in total. The van der Waals surface area contributed by atoms with E-state index in [4.69, 9.17) is 0 Å². The Balaban J connectivity index is 2.00. The second-order valence-electron chi connectivity index (χ2n) is 5.52. The van der Waals surface area contributed by atoms with E-state index in [1.54, 1.807) is 12.1 Å². The van der Waals surface area contributed by atoms with Gasteiger partial charge in [0, 0.05) is 25.2 Å². The van der Waals surface area contributed by atoms with Crippen molar-refractivity contribution in [1.29, 1.82) is 0 Å². The summed E-state index contributed by atoms with van der Waals surface area (Å²) >= 11 is 3.23. The number of benzene rings is 1. The van der Waals surface area contributed by atoms with E-state index in [0.29, 0.717) is 10.5 Å². The summed E-state index contributed by atoms with van der Waals surface area (Å²) in [6.45, 7) is 5.94. The zero-order valence-electron chi connectivity index (χ0n) is 12.3. The number of nitrogens with one attached hydrogen (secondary N) is 1. The summed E-state index contributed by atoms with van der Waals surface area (Å²) in [4.78, 5) is 13.0. The quantitative estimate of drug-likeness (QED) is 0.628. The number of halogens is 1. The minimum Gasteiger partial charge on any atom is -0.313 e. The van der Waals surface area contributed by atoms with Crippen molar-refractivity contribution >= 4 is 21.6 Å². The van der Waals surface area contributed by atoms with Crippen molar-refractivity contribution in [2.45, 2.75) is 38.8 Å². The summed E-state index contributed by atoms with van der Waals surface area (Å²) in [6.07, 6.45) is 3.78. The van der Waals surface area contributed by atoms with Crippen LogP contribution in [0.3, 0.4) is 0 Å². The minimum atomic E-state index is -0.341. The topological polar surface area (TPSA) is 58.4 Å². The molecule has 2 rings (SSSR count). The smallest absolute Gasteiger partial charge is 0.283 e. The highest BCUT2D eigenvalue weighted by atomic mass is 79.9. The van der Waals surface area contributed by atoms with E-state index in [1.165, 1.54) is 19.3 Å². The van der Waals surface area contributed by atoms with E-state index in [0.717, 1.165) is 31.7 Å². The molecule has 0 amide bonds. The van der Waals surface area contributed by atoms with Gasteiger partial charge in [-0.15, -0.1) is 0 Å². The van der Waals surface area contributed by atoms with Gasteiger partial charge in [0.2, 0.25) is 0 Å². The van der Waals surface area contributed by atoms with Crippen LogP contribution in [0.25, 0.3) is 0 Å². The number of piperidine rings is 1. The molecule has 1 aromatic carbocycles. The summed E-state index contributed by atoms with van der Waals surface area (Å²) in [5.41, 5.74) is 1.13. The predicted molar refractivity (Wildman–Crippen MR) is 87.4 cm³/mol. The van der Waals surface area contributed by atoms with Crippen LogP contribution in [0.5, 0.6) is 0 Å². The van der Waals surface area contributed by atoms with E-state index < -0.39 is 0 Å². The van der Waals surface area contributed by atoms with Crippen LogP contribution in [0.2, 0.25) is 0 Å². The van der Waals surface area contributed by atoms with E-state index >= 15 is 0 Å². The van der Waals surface area contributed by atoms with Gasteiger partial charge in [0.25, 0.3) is 5.69 Å². The standard InChI is InChI=1S/C15H22BrN3O2/c1-2-18(11-13-5-3-4-8-17-13)10-12-6-7-14(16)15(9-12)19(20)21/h6-7,9,13,17H,2-5,8,10-11H2,1H3. The van der Waals surface area contributed by atoms with Crippen LogP contribution in [0, 0.1) is 10.1 Å². The molecule has 0 radical (unpaired) electrons. The van der Waals surface area contributed by atoms with Crippen molar-refractivity contribution in [3.63, 3.8) is 0 Å². The van der Waals surface area contributed by atoms with Crippen LogP contribution in [0.1, 0.15) is 31.7 Å². The fourth-order valence-electron chi connectivity index (χ4n) is 2.75. The lowest BCUT2D eigenvalue weighted by molar-refractivity contribution is -0.385. The number of hydrogen-bond acceptors (Lipinski definition) is 4. The lowest BCUT2D eigenvalue weighted by atomic mass is 10.0. The zero-order valence-corrected chi connectivity index (χ0v) is 13.9. The molecule has 6 heteroatoms. The molecule has 1 unspecified atom stereocenters. The Labute approximate surface area is 134 Å². The molecule has 5 nitrogen and oxygen atoms in total. The molecule has 1 aliphatic rings. The average molecular weight is 356 g/mol. The van der Waals surface area contributed by atoms with E-state index in [1.807, 2.05) is 6.07 Å². The Morgan fingerprint density at radius 1 is 1.48 bits per heavy atom. The number of nitrogens with zero attached hydrogens (tertiary/aromatic N) is 2. The van der Waals surface area contributed by atoms with Crippen LogP contribution in [-0.4, -0.2) is 35.5 Å². The Kier molecular flexibility index (Phi) is 6.14. The molecule has 0 aliphatic carbocycles. The average Bonchev–Trinajstić information content (AvgIpc) is 2.49. The second-order valence-corrected chi connectivity index (χ2v) is 6.37. The first-order valence-electron chi connectivity index (χ1n) is 7.48. The summed E-state index contributed by atoms with van der Waals surface area (Å²) < 4.78 is 0.535. The Hall–Kier alpha value is -0.980.